The van der Waals surface area contributed by atoms with E-state index < -0.39 is 11.6 Å². The molecule has 0 spiro atoms. The molecule has 1 aliphatic heterocycles. The van der Waals surface area contributed by atoms with Gasteiger partial charge in [0.1, 0.15) is 5.82 Å². The van der Waals surface area contributed by atoms with E-state index in [1.165, 1.54) is 18.2 Å². The Morgan fingerprint density at radius 1 is 1.47 bits per heavy atom. The largest absolute Gasteiger partial charge is 0.489 e. The molecule has 15 heavy (non-hydrogen) atoms. The summed E-state index contributed by atoms with van der Waals surface area (Å²) in [6.45, 7) is 0.477. The maximum Gasteiger partial charge on any atom is 0.230 e. The minimum absolute atomic E-state index is 0.0387. The summed E-state index contributed by atoms with van der Waals surface area (Å²) in [5.41, 5.74) is 5.81. The second-order valence-electron chi connectivity index (χ2n) is 3.27. The van der Waals surface area contributed by atoms with Gasteiger partial charge in [0.2, 0.25) is 5.78 Å². The van der Waals surface area contributed by atoms with Crippen LogP contribution in [0.5, 0.6) is 0 Å². The summed E-state index contributed by atoms with van der Waals surface area (Å²) in [4.78, 5) is 11.7. The van der Waals surface area contributed by atoms with E-state index in [2.05, 4.69) is 0 Å². The van der Waals surface area contributed by atoms with Crippen molar-refractivity contribution in [2.24, 2.45) is 0 Å². The average molecular weight is 207 g/mol. The van der Waals surface area contributed by atoms with Crippen LogP contribution in [-0.4, -0.2) is 12.4 Å². The van der Waals surface area contributed by atoms with E-state index in [1.807, 2.05) is 0 Å². The Kier molecular flexibility index (Phi) is 2.41. The van der Waals surface area contributed by atoms with E-state index in [9.17, 15) is 9.18 Å². The lowest BCUT2D eigenvalue weighted by molar-refractivity contribution is 0.0938. The zero-order valence-electron chi connectivity index (χ0n) is 8.00. The number of nitrogen functional groups attached to an aromatic ring is 1. The van der Waals surface area contributed by atoms with Crippen molar-refractivity contribution in [1.82, 2.24) is 0 Å². The van der Waals surface area contributed by atoms with Crippen molar-refractivity contribution in [3.05, 3.63) is 41.4 Å². The smallest absolute Gasteiger partial charge is 0.230 e. The van der Waals surface area contributed by atoms with E-state index in [0.29, 0.717) is 18.7 Å². The number of carbonyl (C=O) groups is 1. The predicted octanol–water partition coefficient (Wildman–Crippen LogP) is 1.89. The van der Waals surface area contributed by atoms with E-state index in [0.717, 1.165) is 0 Å². The zero-order valence-corrected chi connectivity index (χ0v) is 8.00. The molecule has 0 radical (unpaired) electrons. The standard InChI is InChI=1S/C11H10FNO2/c12-9-4-3-7(13)6-8(9)11(14)10-2-1-5-15-10/h2-4,6H,1,5,13H2. The van der Waals surface area contributed by atoms with Gasteiger partial charge in [0.25, 0.3) is 0 Å². The molecule has 0 aromatic heterocycles. The first-order valence-electron chi connectivity index (χ1n) is 4.61. The lowest BCUT2D eigenvalue weighted by Crippen LogP contribution is -2.07. The zero-order chi connectivity index (χ0) is 10.8. The SMILES string of the molecule is Nc1ccc(F)c(C(=O)C2=CCCO2)c1. The van der Waals surface area contributed by atoms with Crippen LogP contribution >= 0.6 is 0 Å². The number of ether oxygens (including phenoxy) is 1. The molecule has 1 heterocycles. The second-order valence-corrected chi connectivity index (χ2v) is 3.27. The van der Waals surface area contributed by atoms with Crippen molar-refractivity contribution in [3.8, 4) is 0 Å². The number of anilines is 1. The molecule has 3 nitrogen and oxygen atoms in total. The van der Waals surface area contributed by atoms with Gasteiger partial charge in [-0.3, -0.25) is 4.79 Å². The van der Waals surface area contributed by atoms with Crippen molar-refractivity contribution in [1.29, 1.82) is 0 Å². The highest BCUT2D eigenvalue weighted by atomic mass is 19.1. The molecule has 0 aliphatic carbocycles. The Bertz CT molecular complexity index is 440. The fraction of sp³-hybridized carbons (Fsp3) is 0.182. The first-order valence-corrected chi connectivity index (χ1v) is 4.61. The molecule has 1 aromatic rings. The Labute approximate surface area is 86.3 Å². The summed E-state index contributed by atoms with van der Waals surface area (Å²) in [5, 5.41) is 0. The highest BCUT2D eigenvalue weighted by Gasteiger charge is 2.20. The molecule has 4 heteroatoms. The van der Waals surface area contributed by atoms with Gasteiger partial charge in [0.15, 0.2) is 5.76 Å². The minimum atomic E-state index is -0.578. The van der Waals surface area contributed by atoms with Gasteiger partial charge in [0, 0.05) is 12.1 Å². The average Bonchev–Trinajstić information content (AvgIpc) is 2.74. The molecule has 0 saturated heterocycles. The van der Waals surface area contributed by atoms with Gasteiger partial charge in [-0.1, -0.05) is 0 Å². The fourth-order valence-corrected chi connectivity index (χ4v) is 1.43. The van der Waals surface area contributed by atoms with Crippen LogP contribution in [0.3, 0.4) is 0 Å². The number of benzene rings is 1. The van der Waals surface area contributed by atoms with E-state index in [-0.39, 0.29) is 11.3 Å². The number of hydrogen-bond acceptors (Lipinski definition) is 3. The molecule has 0 saturated carbocycles. The van der Waals surface area contributed by atoms with Crippen molar-refractivity contribution >= 4 is 11.5 Å². The third kappa shape index (κ3) is 1.83. The monoisotopic (exact) mass is 207 g/mol. The van der Waals surface area contributed by atoms with Crippen LogP contribution in [0.25, 0.3) is 0 Å². The van der Waals surface area contributed by atoms with Crippen molar-refractivity contribution < 1.29 is 13.9 Å². The van der Waals surface area contributed by atoms with Gasteiger partial charge in [-0.15, -0.1) is 0 Å². The number of rotatable bonds is 2. The molecule has 1 aliphatic rings. The summed E-state index contributed by atoms with van der Waals surface area (Å²) in [6, 6.07) is 3.91. The van der Waals surface area contributed by atoms with Gasteiger partial charge in [-0.2, -0.15) is 0 Å². The number of hydrogen-bond donors (Lipinski definition) is 1. The number of ketones is 1. The van der Waals surface area contributed by atoms with Crippen LogP contribution in [-0.2, 0) is 4.74 Å². The number of carbonyl (C=O) groups excluding carboxylic acids is 1. The van der Waals surface area contributed by atoms with Crippen LogP contribution in [0.15, 0.2) is 30.0 Å². The van der Waals surface area contributed by atoms with Crippen molar-refractivity contribution in [3.63, 3.8) is 0 Å². The van der Waals surface area contributed by atoms with Crippen LogP contribution in [0.1, 0.15) is 16.8 Å². The summed E-state index contributed by atoms with van der Waals surface area (Å²) >= 11 is 0. The Hall–Kier alpha value is -1.84. The summed E-state index contributed by atoms with van der Waals surface area (Å²) in [7, 11) is 0. The molecule has 0 bridgehead atoms. The third-order valence-corrected chi connectivity index (χ3v) is 2.16. The molecular formula is C11H10FNO2. The van der Waals surface area contributed by atoms with Gasteiger partial charge in [0.05, 0.1) is 12.2 Å². The maximum atomic E-state index is 13.3. The Morgan fingerprint density at radius 2 is 2.27 bits per heavy atom. The molecule has 0 amide bonds. The van der Waals surface area contributed by atoms with Crippen molar-refractivity contribution in [2.75, 3.05) is 12.3 Å². The van der Waals surface area contributed by atoms with Gasteiger partial charge in [-0.05, 0) is 24.3 Å². The van der Waals surface area contributed by atoms with E-state index >= 15 is 0 Å². The third-order valence-electron chi connectivity index (χ3n) is 2.16. The quantitative estimate of drug-likeness (QED) is 0.595. The fourth-order valence-electron chi connectivity index (χ4n) is 1.43. The van der Waals surface area contributed by atoms with Gasteiger partial charge < -0.3 is 10.5 Å². The number of nitrogens with two attached hydrogens (primary N) is 1. The van der Waals surface area contributed by atoms with Crippen molar-refractivity contribution in [2.45, 2.75) is 6.42 Å². The number of Topliss-reactive ketones (excluding diaryl/α,β-unsaturated/α-hetero) is 1. The Morgan fingerprint density at radius 3 is 2.93 bits per heavy atom. The summed E-state index contributed by atoms with van der Waals surface area (Å²) < 4.78 is 18.4. The van der Waals surface area contributed by atoms with Crippen LogP contribution in [0.4, 0.5) is 10.1 Å². The van der Waals surface area contributed by atoms with E-state index in [4.69, 9.17) is 10.5 Å². The molecule has 0 fully saturated rings. The molecule has 2 rings (SSSR count). The predicted molar refractivity (Wildman–Crippen MR) is 53.8 cm³/mol. The van der Waals surface area contributed by atoms with Crippen LogP contribution in [0.2, 0.25) is 0 Å². The number of allylic oxidation sites excluding steroid dienone is 1. The molecular weight excluding hydrogens is 197 g/mol. The first-order chi connectivity index (χ1) is 7.18. The minimum Gasteiger partial charge on any atom is -0.489 e. The number of halogens is 1. The molecule has 2 N–H and O–H groups in total. The summed E-state index contributed by atoms with van der Waals surface area (Å²) in [5.74, 6) is -0.817. The highest BCUT2D eigenvalue weighted by Crippen LogP contribution is 2.19. The molecule has 0 atom stereocenters. The van der Waals surface area contributed by atoms with Crippen LogP contribution < -0.4 is 5.73 Å². The summed E-state index contributed by atoms with van der Waals surface area (Å²) in [6.07, 6.45) is 2.34. The van der Waals surface area contributed by atoms with E-state index in [1.54, 1.807) is 6.08 Å². The lowest BCUT2D eigenvalue weighted by atomic mass is 10.1. The second kappa shape index (κ2) is 3.73. The van der Waals surface area contributed by atoms with Gasteiger partial charge in [-0.25, -0.2) is 4.39 Å². The van der Waals surface area contributed by atoms with Crippen LogP contribution in [0, 0.1) is 5.82 Å². The molecule has 78 valence electrons. The topological polar surface area (TPSA) is 52.3 Å². The highest BCUT2D eigenvalue weighted by molar-refractivity contribution is 6.08. The maximum absolute atomic E-state index is 13.3. The Balaban J connectivity index is 2.36. The lowest BCUT2D eigenvalue weighted by Gasteiger charge is -2.04. The molecule has 0 unspecified atom stereocenters. The first kappa shape index (κ1) is 9.71. The molecule has 1 aromatic carbocycles. The normalized spacial score (nSPS) is 14.6. The van der Waals surface area contributed by atoms with Gasteiger partial charge >= 0.3 is 0 Å².